The normalized spacial score (nSPS) is 20.4. The average Bonchev–Trinajstić information content (AvgIpc) is 3.03. The Labute approximate surface area is 292 Å². The van der Waals surface area contributed by atoms with Crippen molar-refractivity contribution in [1.29, 1.82) is 0 Å². The molecule has 0 spiro atoms. The molecule has 0 aliphatic carbocycles. The molecule has 4 bridgehead atoms. The summed E-state index contributed by atoms with van der Waals surface area (Å²) in [7, 11) is -4.02. The minimum Gasteiger partial charge on any atom is -0.477 e. The van der Waals surface area contributed by atoms with E-state index in [0.29, 0.717) is 30.0 Å². The van der Waals surface area contributed by atoms with Crippen LogP contribution in [-0.4, -0.2) is 48.1 Å². The lowest BCUT2D eigenvalue weighted by molar-refractivity contribution is 0.165. The maximum Gasteiger partial charge on any atom is 0.264 e. The van der Waals surface area contributed by atoms with Crippen LogP contribution in [-0.2, 0) is 16.4 Å². The zero-order chi connectivity index (χ0) is 35.1. The molecule has 10 heteroatoms. The summed E-state index contributed by atoms with van der Waals surface area (Å²) in [5, 5.41) is 0. The van der Waals surface area contributed by atoms with Gasteiger partial charge < -0.3 is 9.64 Å². The van der Waals surface area contributed by atoms with Gasteiger partial charge in [-0.25, -0.2) is 28.1 Å². The highest BCUT2D eigenvalue weighted by Gasteiger charge is 2.32. The summed E-state index contributed by atoms with van der Waals surface area (Å²) in [5.41, 5.74) is 6.72. The number of piperidine rings is 1. The van der Waals surface area contributed by atoms with Crippen molar-refractivity contribution >= 4 is 21.7 Å². The van der Waals surface area contributed by atoms with E-state index in [1.807, 2.05) is 63.5 Å². The van der Waals surface area contributed by atoms with E-state index in [0.717, 1.165) is 71.7 Å². The molecule has 1 fully saturated rings. The molecule has 1 unspecified atom stereocenters. The Morgan fingerprint density at radius 3 is 2.27 bits per heavy atom. The molecule has 2 aliphatic heterocycles. The van der Waals surface area contributed by atoms with Gasteiger partial charge in [-0.15, -0.1) is 0 Å². The predicted octanol–water partition coefficient (Wildman–Crippen LogP) is 8.06. The second-order valence-corrected chi connectivity index (χ2v) is 17.6. The Hall–Kier alpha value is -4.05. The number of nitrogens with one attached hydrogen (secondary N) is 1. The lowest BCUT2D eigenvalue weighted by Gasteiger charge is -2.37. The number of aryl methyl sites for hydroxylation is 2. The fourth-order valence-electron chi connectivity index (χ4n) is 7.24. The highest BCUT2D eigenvalue weighted by atomic mass is 32.2. The summed E-state index contributed by atoms with van der Waals surface area (Å²) in [6, 6.07) is 13.3. The van der Waals surface area contributed by atoms with E-state index in [9.17, 15) is 8.42 Å². The van der Waals surface area contributed by atoms with Gasteiger partial charge in [0.25, 0.3) is 10.0 Å². The quantitative estimate of drug-likeness (QED) is 0.225. The molecule has 2 aromatic heterocycles. The molecule has 49 heavy (non-hydrogen) atoms. The predicted molar refractivity (Wildman–Crippen MR) is 196 cm³/mol. The minimum atomic E-state index is -4.02. The molecular weight excluding hydrogens is 633 g/mol. The number of hydrogen-bond donors (Lipinski definition) is 1. The second-order valence-electron chi connectivity index (χ2n) is 15.9. The van der Waals surface area contributed by atoms with E-state index in [-0.39, 0.29) is 28.1 Å². The molecule has 4 heterocycles. The first kappa shape index (κ1) is 34.8. The third kappa shape index (κ3) is 7.90. The monoisotopic (exact) mass is 682 g/mol. The number of rotatable bonds is 5. The van der Waals surface area contributed by atoms with Crippen LogP contribution in [0.4, 0.5) is 11.6 Å². The number of hydrogen-bond acceptors (Lipinski definition) is 8. The van der Waals surface area contributed by atoms with Crippen molar-refractivity contribution in [3.05, 3.63) is 82.9 Å². The van der Waals surface area contributed by atoms with E-state index >= 15 is 0 Å². The van der Waals surface area contributed by atoms with Crippen LogP contribution < -0.4 is 14.4 Å². The molecule has 0 amide bonds. The molecule has 2 aromatic carbocycles. The molecule has 9 nitrogen and oxygen atoms in total. The summed E-state index contributed by atoms with van der Waals surface area (Å²) in [5.74, 6) is 0.965. The molecule has 2 atom stereocenters. The van der Waals surface area contributed by atoms with Crippen LogP contribution in [0.2, 0.25) is 0 Å². The third-order valence-electron chi connectivity index (χ3n) is 10.1. The maximum absolute atomic E-state index is 13.9. The van der Waals surface area contributed by atoms with Crippen molar-refractivity contribution in [1.82, 2.24) is 19.9 Å². The molecule has 4 aromatic rings. The Morgan fingerprint density at radius 1 is 0.959 bits per heavy atom. The average molecular weight is 683 g/mol. The summed E-state index contributed by atoms with van der Waals surface area (Å²) >= 11 is 0. The molecule has 6 rings (SSSR count). The first-order valence-corrected chi connectivity index (χ1v) is 18.8. The number of fused-ring (bicyclic) bond motifs is 4. The van der Waals surface area contributed by atoms with Gasteiger partial charge in [-0.05, 0) is 85.6 Å². The molecular formula is C39H50N6O3S. The van der Waals surface area contributed by atoms with Gasteiger partial charge in [-0.2, -0.15) is 4.98 Å². The van der Waals surface area contributed by atoms with Gasteiger partial charge in [0.15, 0.2) is 0 Å². The summed E-state index contributed by atoms with van der Waals surface area (Å²) < 4.78 is 37.1. The second kappa shape index (κ2) is 13.3. The van der Waals surface area contributed by atoms with E-state index < -0.39 is 10.0 Å². The van der Waals surface area contributed by atoms with Gasteiger partial charge in [-0.1, -0.05) is 65.0 Å². The highest BCUT2D eigenvalue weighted by Crippen LogP contribution is 2.40. The topological polar surface area (TPSA) is 110 Å². The van der Waals surface area contributed by atoms with Crippen molar-refractivity contribution in [3.8, 4) is 17.1 Å². The first-order chi connectivity index (χ1) is 23.1. The fourth-order valence-corrected chi connectivity index (χ4v) is 8.23. The SMILES string of the molecule is Cc1cccc(C)c1-c1nc2nc(c1C)OC[C@@H](CC(C)(C)C)C(Cc1ncc(N3CCC(C)(C)CC3)cn1)c1cccc(c1)S(=O)(=O)N2. The molecule has 1 saturated heterocycles. The molecule has 0 radical (unpaired) electrons. The van der Waals surface area contributed by atoms with Crippen molar-refractivity contribution in [3.63, 3.8) is 0 Å². The molecule has 260 valence electrons. The molecule has 1 N–H and O–H groups in total. The summed E-state index contributed by atoms with van der Waals surface area (Å²) in [4.78, 5) is 21.6. The fraction of sp³-hybridized carbons (Fsp3) is 0.487. The van der Waals surface area contributed by atoms with Gasteiger partial charge in [0.05, 0.1) is 35.3 Å². The third-order valence-corrected chi connectivity index (χ3v) is 11.4. The smallest absolute Gasteiger partial charge is 0.264 e. The van der Waals surface area contributed by atoms with Crippen LogP contribution >= 0.6 is 0 Å². The van der Waals surface area contributed by atoms with Crippen molar-refractivity contribution in [2.45, 2.75) is 91.9 Å². The lowest BCUT2D eigenvalue weighted by Crippen LogP contribution is -2.37. The number of benzene rings is 2. The largest absolute Gasteiger partial charge is 0.477 e. The number of sulfonamides is 1. The molecule has 0 saturated carbocycles. The van der Waals surface area contributed by atoms with Crippen LogP contribution in [0.5, 0.6) is 5.88 Å². The van der Waals surface area contributed by atoms with Gasteiger partial charge in [0, 0.05) is 36.6 Å². The van der Waals surface area contributed by atoms with E-state index in [1.54, 1.807) is 12.1 Å². The van der Waals surface area contributed by atoms with Gasteiger partial charge in [0.2, 0.25) is 11.8 Å². The van der Waals surface area contributed by atoms with E-state index in [4.69, 9.17) is 19.7 Å². The van der Waals surface area contributed by atoms with Gasteiger partial charge in [0.1, 0.15) is 5.82 Å². The number of anilines is 2. The van der Waals surface area contributed by atoms with Crippen molar-refractivity contribution in [2.24, 2.45) is 16.7 Å². The summed E-state index contributed by atoms with van der Waals surface area (Å²) in [6.07, 6.45) is 7.52. The van der Waals surface area contributed by atoms with Crippen LogP contribution in [0, 0.1) is 37.5 Å². The number of ether oxygens (including phenoxy) is 1. The van der Waals surface area contributed by atoms with Gasteiger partial charge >= 0.3 is 0 Å². The first-order valence-electron chi connectivity index (χ1n) is 17.4. The number of nitrogens with zero attached hydrogens (tertiary/aromatic N) is 5. The standard InChI is InChI=1S/C39H50N6O3S/c1-25-11-9-12-26(2)34(25)35-27(3)36-43-37(42-35)44-49(46,47)31-14-10-13-28(19-31)32(29(24-48-36)21-38(4,5)6)20-33-40-22-30(23-41-33)45-17-15-39(7,8)16-18-45/h9-14,19,22-23,29,32H,15-18,20-21,24H2,1-8H3,(H,42,43,44)/t29-,32?/m1/s1. The van der Waals surface area contributed by atoms with Gasteiger partial charge in [-0.3, -0.25) is 0 Å². The van der Waals surface area contributed by atoms with Crippen LogP contribution in [0.3, 0.4) is 0 Å². The van der Waals surface area contributed by atoms with E-state index in [1.165, 1.54) is 0 Å². The Bertz CT molecular complexity index is 1910. The summed E-state index contributed by atoms with van der Waals surface area (Å²) in [6.45, 7) is 19.7. The van der Waals surface area contributed by atoms with E-state index in [2.05, 4.69) is 49.2 Å². The zero-order valence-corrected chi connectivity index (χ0v) is 31.0. The zero-order valence-electron chi connectivity index (χ0n) is 30.2. The Kier molecular flexibility index (Phi) is 9.48. The Balaban J connectivity index is 1.41. The van der Waals surface area contributed by atoms with Crippen molar-refractivity contribution in [2.75, 3.05) is 29.3 Å². The highest BCUT2D eigenvalue weighted by molar-refractivity contribution is 7.92. The van der Waals surface area contributed by atoms with Crippen molar-refractivity contribution < 1.29 is 13.2 Å². The minimum absolute atomic E-state index is 0.000551. The number of aromatic nitrogens is 4. The Morgan fingerprint density at radius 2 is 1.61 bits per heavy atom. The lowest BCUT2D eigenvalue weighted by atomic mass is 9.75. The van der Waals surface area contributed by atoms with Crippen LogP contribution in [0.25, 0.3) is 11.3 Å². The van der Waals surface area contributed by atoms with Crippen LogP contribution in [0.15, 0.2) is 59.8 Å². The van der Waals surface area contributed by atoms with Crippen LogP contribution in [0.1, 0.15) is 87.9 Å². The molecule has 2 aliphatic rings. The maximum atomic E-state index is 13.9.